The molecule has 0 aliphatic heterocycles. The van der Waals surface area contributed by atoms with Crippen LogP contribution in [-0.2, 0) is 10.0 Å². The summed E-state index contributed by atoms with van der Waals surface area (Å²) in [5.74, 6) is -0.130. The van der Waals surface area contributed by atoms with Gasteiger partial charge in [0, 0.05) is 19.3 Å². The van der Waals surface area contributed by atoms with Crippen molar-refractivity contribution in [1.29, 1.82) is 0 Å². The van der Waals surface area contributed by atoms with Crippen molar-refractivity contribution in [2.45, 2.75) is 51.3 Å². The number of amides is 1. The second-order valence-electron chi connectivity index (χ2n) is 7.50. The zero-order valence-electron chi connectivity index (χ0n) is 19.2. The predicted molar refractivity (Wildman–Crippen MR) is 132 cm³/mol. The molecule has 0 aliphatic rings. The number of sulfonamides is 1. The highest BCUT2D eigenvalue weighted by Gasteiger charge is 2.24. The number of carbonyl (C=O) groups excluding carboxylic acids is 1. The van der Waals surface area contributed by atoms with E-state index in [0.717, 1.165) is 25.7 Å². The molecule has 0 fully saturated rings. The second kappa shape index (κ2) is 11.5. The summed E-state index contributed by atoms with van der Waals surface area (Å²) in [5, 5.41) is 3.15. The van der Waals surface area contributed by atoms with Crippen LogP contribution in [0, 0.1) is 0 Å². The number of hydrogen-bond acceptors (Lipinski definition) is 7. The molecule has 178 valence electrons. The number of ether oxygens (including phenoxy) is 1. The number of nitrogens with one attached hydrogen (secondary N) is 1. The van der Waals surface area contributed by atoms with Gasteiger partial charge in [0.05, 0.1) is 21.7 Å². The van der Waals surface area contributed by atoms with Crippen LogP contribution in [-0.4, -0.2) is 48.3 Å². The number of pyridine rings is 1. The van der Waals surface area contributed by atoms with E-state index in [0.29, 0.717) is 40.6 Å². The van der Waals surface area contributed by atoms with E-state index in [9.17, 15) is 13.2 Å². The third-order valence-corrected chi connectivity index (χ3v) is 7.87. The number of nitrogens with zero attached hydrogens (tertiary/aromatic N) is 3. The molecule has 0 spiro atoms. The Morgan fingerprint density at radius 2 is 1.85 bits per heavy atom. The molecule has 8 nitrogen and oxygen atoms in total. The van der Waals surface area contributed by atoms with Gasteiger partial charge in [-0.1, -0.05) is 38.0 Å². The zero-order valence-corrected chi connectivity index (χ0v) is 20.8. The van der Waals surface area contributed by atoms with Crippen molar-refractivity contribution in [3.8, 4) is 5.88 Å². The van der Waals surface area contributed by atoms with Gasteiger partial charge in [-0.25, -0.2) is 18.4 Å². The number of unbranched alkanes of at least 4 members (excludes halogenated alkanes) is 2. The first-order chi connectivity index (χ1) is 15.9. The van der Waals surface area contributed by atoms with Crippen molar-refractivity contribution in [2.24, 2.45) is 0 Å². The lowest BCUT2D eigenvalue weighted by Gasteiger charge is -2.21. The monoisotopic (exact) mass is 490 g/mol. The molecule has 1 N–H and O–H groups in total. The third-order valence-electron chi connectivity index (χ3n) is 5.04. The van der Waals surface area contributed by atoms with Gasteiger partial charge in [-0.2, -0.15) is 4.31 Å². The van der Waals surface area contributed by atoms with Gasteiger partial charge in [0.1, 0.15) is 5.56 Å². The fourth-order valence-corrected chi connectivity index (χ4v) is 5.79. The first-order valence-electron chi connectivity index (χ1n) is 11.2. The van der Waals surface area contributed by atoms with Gasteiger partial charge in [0.2, 0.25) is 15.9 Å². The molecule has 3 rings (SSSR count). The molecular formula is C23H30N4O4S2. The third kappa shape index (κ3) is 6.07. The Balaban J connectivity index is 1.84. The number of carbonyl (C=O) groups is 1. The van der Waals surface area contributed by atoms with Crippen molar-refractivity contribution < 1.29 is 17.9 Å². The molecule has 1 aromatic carbocycles. The van der Waals surface area contributed by atoms with Gasteiger partial charge in [0.15, 0.2) is 5.13 Å². The van der Waals surface area contributed by atoms with E-state index in [1.165, 1.54) is 11.3 Å². The molecule has 3 aromatic rings. The predicted octanol–water partition coefficient (Wildman–Crippen LogP) is 4.93. The van der Waals surface area contributed by atoms with E-state index in [-0.39, 0.29) is 16.7 Å². The van der Waals surface area contributed by atoms with Gasteiger partial charge in [-0.15, -0.1) is 0 Å². The van der Waals surface area contributed by atoms with Crippen LogP contribution in [0.5, 0.6) is 5.88 Å². The summed E-state index contributed by atoms with van der Waals surface area (Å²) in [7, 11) is -3.61. The largest absolute Gasteiger partial charge is 0.477 e. The Morgan fingerprint density at radius 1 is 1.12 bits per heavy atom. The van der Waals surface area contributed by atoms with Crippen LogP contribution in [0.25, 0.3) is 10.2 Å². The first kappa shape index (κ1) is 25.1. The molecule has 10 heteroatoms. The molecule has 0 unspecified atom stereocenters. The minimum absolute atomic E-state index is 0.245. The van der Waals surface area contributed by atoms with Gasteiger partial charge < -0.3 is 4.74 Å². The maximum Gasteiger partial charge on any atom is 0.262 e. The summed E-state index contributed by atoms with van der Waals surface area (Å²) >= 11 is 1.23. The molecule has 0 bridgehead atoms. The normalized spacial score (nSPS) is 11.8. The highest BCUT2D eigenvalue weighted by Crippen LogP contribution is 2.30. The van der Waals surface area contributed by atoms with Crippen molar-refractivity contribution in [1.82, 2.24) is 14.3 Å². The Kier molecular flexibility index (Phi) is 8.76. The van der Waals surface area contributed by atoms with E-state index in [4.69, 9.17) is 4.74 Å². The van der Waals surface area contributed by atoms with Crippen LogP contribution < -0.4 is 10.1 Å². The lowest BCUT2D eigenvalue weighted by molar-refractivity contribution is 0.102. The molecule has 2 heterocycles. The van der Waals surface area contributed by atoms with E-state index < -0.39 is 10.0 Å². The molecule has 0 saturated carbocycles. The molecule has 1 amide bonds. The fraction of sp³-hybridized carbons (Fsp3) is 0.435. The Morgan fingerprint density at radius 3 is 2.52 bits per heavy atom. The average Bonchev–Trinajstić information content (AvgIpc) is 3.21. The zero-order chi connectivity index (χ0) is 23.8. The second-order valence-corrected chi connectivity index (χ2v) is 10.5. The summed E-state index contributed by atoms with van der Waals surface area (Å²) in [6.07, 6.45) is 5.06. The Bertz CT molecular complexity index is 1190. The summed E-state index contributed by atoms with van der Waals surface area (Å²) in [6.45, 7) is 7.33. The topological polar surface area (TPSA) is 101 Å². The van der Waals surface area contributed by atoms with Crippen molar-refractivity contribution in [3.05, 3.63) is 42.1 Å². The Hall–Kier alpha value is -2.56. The highest BCUT2D eigenvalue weighted by molar-refractivity contribution is 7.89. The molecule has 0 aliphatic carbocycles. The molecular weight excluding hydrogens is 460 g/mol. The summed E-state index contributed by atoms with van der Waals surface area (Å²) in [5.41, 5.74) is 0.934. The maximum atomic E-state index is 13.3. The van der Waals surface area contributed by atoms with E-state index in [1.54, 1.807) is 40.8 Å². The number of thiazole rings is 1. The molecule has 33 heavy (non-hydrogen) atoms. The number of hydrogen-bond donors (Lipinski definition) is 1. The van der Waals surface area contributed by atoms with Crippen LogP contribution in [0.2, 0.25) is 0 Å². The van der Waals surface area contributed by atoms with Crippen LogP contribution in [0.4, 0.5) is 5.13 Å². The summed E-state index contributed by atoms with van der Waals surface area (Å²) < 4.78 is 34.2. The van der Waals surface area contributed by atoms with E-state index >= 15 is 0 Å². The fourth-order valence-electron chi connectivity index (χ4n) is 3.27. The lowest BCUT2D eigenvalue weighted by Crippen LogP contribution is -2.33. The van der Waals surface area contributed by atoms with Gasteiger partial charge in [0.25, 0.3) is 5.91 Å². The van der Waals surface area contributed by atoms with Crippen LogP contribution in [0.3, 0.4) is 0 Å². The summed E-state index contributed by atoms with van der Waals surface area (Å²) in [6, 6.07) is 8.20. The minimum atomic E-state index is -3.61. The highest BCUT2D eigenvalue weighted by atomic mass is 32.2. The number of rotatable bonds is 12. The Labute approximate surface area is 199 Å². The molecule has 2 aromatic heterocycles. The van der Waals surface area contributed by atoms with E-state index in [2.05, 4.69) is 15.3 Å². The standard InChI is InChI=1S/C23H30N4O4S2/c1-4-7-14-27(15-8-5-2)33(29,30)17-11-12-19-20(16-17)32-23(25-19)26-21(28)18-10-9-13-24-22(18)31-6-3/h9-13,16H,4-8,14-15H2,1-3H3,(H,25,26,28). The van der Waals surface area contributed by atoms with Crippen molar-refractivity contribution in [2.75, 3.05) is 25.0 Å². The number of anilines is 1. The van der Waals surface area contributed by atoms with Gasteiger partial charge in [-0.05, 0) is 50.1 Å². The molecule has 0 atom stereocenters. The first-order valence-corrected chi connectivity index (χ1v) is 13.5. The number of fused-ring (bicyclic) bond motifs is 1. The number of aromatic nitrogens is 2. The minimum Gasteiger partial charge on any atom is -0.477 e. The average molecular weight is 491 g/mol. The molecule has 0 radical (unpaired) electrons. The van der Waals surface area contributed by atoms with E-state index in [1.807, 2.05) is 20.8 Å². The quantitative estimate of drug-likeness (QED) is 0.386. The van der Waals surface area contributed by atoms with Crippen molar-refractivity contribution in [3.63, 3.8) is 0 Å². The maximum absolute atomic E-state index is 13.3. The van der Waals surface area contributed by atoms with Gasteiger partial charge in [-0.3, -0.25) is 10.1 Å². The van der Waals surface area contributed by atoms with Crippen molar-refractivity contribution >= 4 is 42.6 Å². The van der Waals surface area contributed by atoms with Gasteiger partial charge >= 0.3 is 0 Å². The molecule has 0 saturated heterocycles. The van der Waals surface area contributed by atoms with Crippen LogP contribution in [0.15, 0.2) is 41.4 Å². The SMILES string of the molecule is CCCCN(CCCC)S(=O)(=O)c1ccc2nc(NC(=O)c3cccnc3OCC)sc2c1. The smallest absolute Gasteiger partial charge is 0.262 e. The summed E-state index contributed by atoms with van der Waals surface area (Å²) in [4.78, 5) is 21.5. The van der Waals surface area contributed by atoms with Crippen LogP contribution >= 0.6 is 11.3 Å². The lowest BCUT2D eigenvalue weighted by atomic mass is 10.2. The van der Waals surface area contributed by atoms with Crippen LogP contribution in [0.1, 0.15) is 56.8 Å². The number of benzene rings is 1.